The number of benzene rings is 1. The Balaban J connectivity index is 1.52. The predicted octanol–water partition coefficient (Wildman–Crippen LogP) is 4.00. The third kappa shape index (κ3) is 5.45. The van der Waals surface area contributed by atoms with Crippen LogP contribution in [0.1, 0.15) is 36.8 Å². The van der Waals surface area contributed by atoms with Crippen molar-refractivity contribution < 1.29 is 9.53 Å². The van der Waals surface area contributed by atoms with Gasteiger partial charge in [0.1, 0.15) is 11.0 Å². The number of nitrogens with zero attached hydrogens (tertiary/aromatic N) is 6. The van der Waals surface area contributed by atoms with E-state index in [-0.39, 0.29) is 12.1 Å². The van der Waals surface area contributed by atoms with Crippen LogP contribution in [0.15, 0.2) is 30.3 Å². The molecular formula is C26H31ClN8O2. The maximum atomic E-state index is 11.9. The van der Waals surface area contributed by atoms with Crippen LogP contribution in [-0.2, 0) is 11.2 Å². The molecule has 2 aromatic heterocycles. The first-order chi connectivity index (χ1) is 17.9. The summed E-state index contributed by atoms with van der Waals surface area (Å²) in [6, 6.07) is 9.04. The van der Waals surface area contributed by atoms with Crippen LogP contribution in [0, 0.1) is 6.92 Å². The van der Waals surface area contributed by atoms with Gasteiger partial charge in [-0.05, 0) is 57.5 Å². The second-order valence-corrected chi connectivity index (χ2v) is 9.53. The van der Waals surface area contributed by atoms with E-state index < -0.39 is 0 Å². The highest BCUT2D eigenvalue weighted by Gasteiger charge is 2.32. The third-order valence-electron chi connectivity index (χ3n) is 6.60. The SMILES string of the molecule is CCNC(=O)Nc1ccc(-c2nc3c(c(N4CCOCC4)n2)CCN(c2nc(C)cc(Cl)n2)C3C)cc1. The number of urea groups is 1. The highest BCUT2D eigenvalue weighted by molar-refractivity contribution is 6.29. The fraction of sp³-hybridized carbons (Fsp3) is 0.423. The van der Waals surface area contributed by atoms with Crippen LogP contribution >= 0.6 is 11.6 Å². The first-order valence-corrected chi connectivity index (χ1v) is 13.0. The molecule has 1 atom stereocenters. The summed E-state index contributed by atoms with van der Waals surface area (Å²) in [6.45, 7) is 10.1. The summed E-state index contributed by atoms with van der Waals surface area (Å²) in [6.07, 6.45) is 0.775. The fourth-order valence-electron chi connectivity index (χ4n) is 4.77. The average molecular weight is 523 g/mol. The van der Waals surface area contributed by atoms with Gasteiger partial charge in [0, 0.05) is 48.7 Å². The van der Waals surface area contributed by atoms with Crippen molar-refractivity contribution >= 4 is 35.1 Å². The van der Waals surface area contributed by atoms with Gasteiger partial charge in [0.2, 0.25) is 5.95 Å². The van der Waals surface area contributed by atoms with Gasteiger partial charge in [-0.1, -0.05) is 11.6 Å². The van der Waals surface area contributed by atoms with E-state index in [0.717, 1.165) is 54.4 Å². The molecule has 3 aromatic rings. The molecule has 1 unspecified atom stereocenters. The van der Waals surface area contributed by atoms with Crippen LogP contribution in [0.2, 0.25) is 5.15 Å². The Kier molecular flexibility index (Phi) is 7.38. The van der Waals surface area contributed by atoms with Crippen molar-refractivity contribution in [1.29, 1.82) is 0 Å². The number of aryl methyl sites for hydroxylation is 1. The van der Waals surface area contributed by atoms with E-state index in [0.29, 0.717) is 42.4 Å². The number of hydrogen-bond acceptors (Lipinski definition) is 8. The fourth-order valence-corrected chi connectivity index (χ4v) is 5.00. The number of fused-ring (bicyclic) bond motifs is 1. The second kappa shape index (κ2) is 10.9. The van der Waals surface area contributed by atoms with Crippen molar-refractivity contribution in [3.63, 3.8) is 0 Å². The van der Waals surface area contributed by atoms with Gasteiger partial charge in [-0.3, -0.25) is 0 Å². The number of amides is 2. The van der Waals surface area contributed by atoms with Crippen molar-refractivity contribution in [1.82, 2.24) is 25.3 Å². The molecule has 0 aliphatic carbocycles. The maximum absolute atomic E-state index is 11.9. The van der Waals surface area contributed by atoms with Crippen molar-refractivity contribution in [2.24, 2.45) is 0 Å². The van der Waals surface area contributed by atoms with Crippen LogP contribution in [0.5, 0.6) is 0 Å². The lowest BCUT2D eigenvalue weighted by Gasteiger charge is -2.37. The molecule has 0 radical (unpaired) electrons. The number of carbonyl (C=O) groups excluding carboxylic acids is 1. The van der Waals surface area contributed by atoms with Gasteiger partial charge in [-0.15, -0.1) is 0 Å². The van der Waals surface area contributed by atoms with Gasteiger partial charge < -0.3 is 25.2 Å². The minimum atomic E-state index is -0.234. The number of nitrogens with one attached hydrogen (secondary N) is 2. The van der Waals surface area contributed by atoms with Crippen molar-refractivity contribution in [2.75, 3.05) is 54.5 Å². The molecule has 2 amide bonds. The van der Waals surface area contributed by atoms with Crippen molar-refractivity contribution in [3.8, 4) is 11.4 Å². The molecule has 194 valence electrons. The quantitative estimate of drug-likeness (QED) is 0.484. The molecule has 5 rings (SSSR count). The van der Waals surface area contributed by atoms with Crippen LogP contribution in [0.4, 0.5) is 22.2 Å². The third-order valence-corrected chi connectivity index (χ3v) is 6.79. The Morgan fingerprint density at radius 3 is 2.57 bits per heavy atom. The number of aromatic nitrogens is 4. The van der Waals surface area contributed by atoms with Gasteiger partial charge in [0.05, 0.1) is 24.9 Å². The van der Waals surface area contributed by atoms with Gasteiger partial charge in [-0.25, -0.2) is 24.7 Å². The smallest absolute Gasteiger partial charge is 0.319 e. The van der Waals surface area contributed by atoms with Gasteiger partial charge in [0.25, 0.3) is 0 Å². The van der Waals surface area contributed by atoms with Crippen molar-refractivity contribution in [2.45, 2.75) is 33.2 Å². The van der Waals surface area contributed by atoms with E-state index in [1.165, 1.54) is 0 Å². The summed E-state index contributed by atoms with van der Waals surface area (Å²) < 4.78 is 5.60. The molecule has 2 aliphatic heterocycles. The summed E-state index contributed by atoms with van der Waals surface area (Å²) in [4.78, 5) is 35.6. The Bertz CT molecular complexity index is 1260. The molecule has 10 nitrogen and oxygen atoms in total. The summed E-state index contributed by atoms with van der Waals surface area (Å²) in [5.74, 6) is 2.21. The van der Waals surface area contributed by atoms with Crippen LogP contribution in [-0.4, -0.2) is 65.4 Å². The molecule has 1 fully saturated rings. The minimum absolute atomic E-state index is 0.0677. The lowest BCUT2D eigenvalue weighted by Crippen LogP contribution is -2.41. The summed E-state index contributed by atoms with van der Waals surface area (Å²) in [5.41, 5.74) is 4.52. The first kappa shape index (κ1) is 25.2. The summed E-state index contributed by atoms with van der Waals surface area (Å²) >= 11 is 6.26. The summed E-state index contributed by atoms with van der Waals surface area (Å²) in [5, 5.41) is 5.99. The summed E-state index contributed by atoms with van der Waals surface area (Å²) in [7, 11) is 0. The average Bonchev–Trinajstić information content (AvgIpc) is 2.89. The lowest BCUT2D eigenvalue weighted by molar-refractivity contribution is 0.122. The largest absolute Gasteiger partial charge is 0.378 e. The second-order valence-electron chi connectivity index (χ2n) is 9.15. The van der Waals surface area contributed by atoms with E-state index in [1.807, 2.05) is 38.1 Å². The van der Waals surface area contributed by atoms with E-state index in [2.05, 4.69) is 37.3 Å². The molecule has 4 heterocycles. The number of morpholine rings is 1. The molecule has 2 aliphatic rings. The molecule has 0 saturated carbocycles. The van der Waals surface area contributed by atoms with E-state index in [1.54, 1.807) is 6.07 Å². The molecule has 37 heavy (non-hydrogen) atoms. The molecular weight excluding hydrogens is 492 g/mol. The number of carbonyl (C=O) groups is 1. The van der Waals surface area contributed by atoms with Gasteiger partial charge in [-0.2, -0.15) is 0 Å². The van der Waals surface area contributed by atoms with Crippen LogP contribution < -0.4 is 20.4 Å². The Morgan fingerprint density at radius 1 is 1.11 bits per heavy atom. The Hall–Kier alpha value is -3.50. The monoisotopic (exact) mass is 522 g/mol. The van der Waals surface area contributed by atoms with Crippen LogP contribution in [0.3, 0.4) is 0 Å². The van der Waals surface area contributed by atoms with Gasteiger partial charge in [0.15, 0.2) is 5.82 Å². The predicted molar refractivity (Wildman–Crippen MR) is 144 cm³/mol. The Morgan fingerprint density at radius 2 is 1.86 bits per heavy atom. The number of rotatable bonds is 5. The molecule has 1 saturated heterocycles. The minimum Gasteiger partial charge on any atom is -0.378 e. The first-order valence-electron chi connectivity index (χ1n) is 12.6. The van der Waals surface area contributed by atoms with E-state index in [9.17, 15) is 4.79 Å². The zero-order valence-corrected chi connectivity index (χ0v) is 22.0. The lowest BCUT2D eigenvalue weighted by atomic mass is 9.98. The number of ether oxygens (including phenoxy) is 1. The zero-order chi connectivity index (χ0) is 25.9. The standard InChI is InChI=1S/C26H31ClN8O2/c1-4-28-26(36)30-19-7-5-18(6-8-19)23-32-22-17(3)35(25-29-16(2)15-21(27)31-25)10-9-20(22)24(33-23)34-11-13-37-14-12-34/h5-8,15,17H,4,9-14H2,1-3H3,(H2,28,30,36). The highest BCUT2D eigenvalue weighted by atomic mass is 35.5. The zero-order valence-electron chi connectivity index (χ0n) is 21.3. The number of anilines is 3. The molecule has 2 N–H and O–H groups in total. The van der Waals surface area contributed by atoms with Crippen molar-refractivity contribution in [3.05, 3.63) is 52.4 Å². The molecule has 0 bridgehead atoms. The normalized spacial score (nSPS) is 17.4. The van der Waals surface area contributed by atoms with E-state index >= 15 is 0 Å². The number of hydrogen-bond donors (Lipinski definition) is 2. The molecule has 0 spiro atoms. The molecule has 1 aromatic carbocycles. The Labute approximate surface area is 221 Å². The maximum Gasteiger partial charge on any atom is 0.319 e. The number of halogens is 1. The van der Waals surface area contributed by atoms with E-state index in [4.69, 9.17) is 26.3 Å². The highest BCUT2D eigenvalue weighted by Crippen LogP contribution is 2.37. The molecule has 11 heteroatoms. The topological polar surface area (TPSA) is 108 Å². The van der Waals surface area contributed by atoms with Gasteiger partial charge >= 0.3 is 6.03 Å². The van der Waals surface area contributed by atoms with Crippen LogP contribution in [0.25, 0.3) is 11.4 Å².